The molecule has 1 amide bonds. The fourth-order valence-electron chi connectivity index (χ4n) is 1.30. The van der Waals surface area contributed by atoms with E-state index in [1.807, 2.05) is 0 Å². The van der Waals surface area contributed by atoms with Crippen molar-refractivity contribution in [2.24, 2.45) is 0 Å². The number of nitrogens with zero attached hydrogens (tertiary/aromatic N) is 1. The lowest BCUT2D eigenvalue weighted by atomic mass is 10.1. The van der Waals surface area contributed by atoms with E-state index in [9.17, 15) is 14.9 Å². The SMILES string of the molecule is C=C(C)CNC(=O)c1ccc([N+](=O)[O-])c(OC)c1. The number of hydrogen-bond donors (Lipinski definition) is 1. The third-order valence-corrected chi connectivity index (χ3v) is 2.19. The van der Waals surface area contributed by atoms with Gasteiger partial charge in [0, 0.05) is 24.2 Å². The van der Waals surface area contributed by atoms with Crippen molar-refractivity contribution < 1.29 is 14.5 Å². The van der Waals surface area contributed by atoms with Crippen LogP contribution < -0.4 is 10.1 Å². The van der Waals surface area contributed by atoms with Crippen molar-refractivity contribution in [1.29, 1.82) is 0 Å². The molecule has 0 aliphatic rings. The van der Waals surface area contributed by atoms with E-state index in [4.69, 9.17) is 4.74 Å². The van der Waals surface area contributed by atoms with Gasteiger partial charge in [0.1, 0.15) is 0 Å². The molecule has 0 saturated heterocycles. The summed E-state index contributed by atoms with van der Waals surface area (Å²) in [4.78, 5) is 21.8. The molecule has 1 aromatic rings. The number of benzene rings is 1. The van der Waals surface area contributed by atoms with Gasteiger partial charge in [-0.25, -0.2) is 0 Å². The molecule has 1 rings (SSSR count). The van der Waals surface area contributed by atoms with Crippen LogP contribution in [0.1, 0.15) is 17.3 Å². The van der Waals surface area contributed by atoms with E-state index in [0.717, 1.165) is 5.57 Å². The standard InChI is InChI=1S/C12H14N2O4/c1-8(2)7-13-12(15)9-4-5-10(14(16)17)11(6-9)18-3/h4-6H,1,7H2,2-3H3,(H,13,15). The van der Waals surface area contributed by atoms with Crippen LogP contribution in [-0.2, 0) is 0 Å². The van der Waals surface area contributed by atoms with Gasteiger partial charge in [-0.05, 0) is 13.0 Å². The Morgan fingerprint density at radius 2 is 2.22 bits per heavy atom. The first-order chi connectivity index (χ1) is 8.45. The summed E-state index contributed by atoms with van der Waals surface area (Å²) in [5.41, 5.74) is 0.949. The van der Waals surface area contributed by atoms with Crippen molar-refractivity contribution in [2.45, 2.75) is 6.92 Å². The molecule has 0 atom stereocenters. The smallest absolute Gasteiger partial charge is 0.310 e. The molecular formula is C12H14N2O4. The van der Waals surface area contributed by atoms with Crippen LogP contribution >= 0.6 is 0 Å². The van der Waals surface area contributed by atoms with Crippen LogP contribution in [0.25, 0.3) is 0 Å². The second kappa shape index (κ2) is 5.81. The molecule has 0 aliphatic heterocycles. The largest absolute Gasteiger partial charge is 0.490 e. The summed E-state index contributed by atoms with van der Waals surface area (Å²) >= 11 is 0. The highest BCUT2D eigenvalue weighted by atomic mass is 16.6. The fraction of sp³-hybridized carbons (Fsp3) is 0.250. The highest BCUT2D eigenvalue weighted by molar-refractivity contribution is 5.95. The molecule has 0 heterocycles. The number of carbonyl (C=O) groups is 1. The summed E-state index contributed by atoms with van der Waals surface area (Å²) in [6.07, 6.45) is 0. The van der Waals surface area contributed by atoms with Gasteiger partial charge in [0.25, 0.3) is 5.91 Å². The quantitative estimate of drug-likeness (QED) is 0.491. The maximum atomic E-state index is 11.7. The summed E-state index contributed by atoms with van der Waals surface area (Å²) in [5.74, 6) is -0.269. The summed E-state index contributed by atoms with van der Waals surface area (Å²) in [6.45, 7) is 5.81. The number of rotatable bonds is 5. The summed E-state index contributed by atoms with van der Waals surface area (Å²) in [5, 5.41) is 13.3. The van der Waals surface area contributed by atoms with Gasteiger partial charge in [0.15, 0.2) is 5.75 Å². The second-order valence-electron chi connectivity index (χ2n) is 3.78. The highest BCUT2D eigenvalue weighted by Gasteiger charge is 2.17. The molecule has 0 saturated carbocycles. The summed E-state index contributed by atoms with van der Waals surface area (Å²) in [6, 6.07) is 3.97. The number of methoxy groups -OCH3 is 1. The van der Waals surface area contributed by atoms with Gasteiger partial charge >= 0.3 is 5.69 Å². The highest BCUT2D eigenvalue weighted by Crippen LogP contribution is 2.27. The van der Waals surface area contributed by atoms with Crippen molar-refractivity contribution in [3.63, 3.8) is 0 Å². The van der Waals surface area contributed by atoms with Crippen LogP contribution in [0.5, 0.6) is 5.75 Å². The predicted octanol–water partition coefficient (Wildman–Crippen LogP) is 1.91. The Labute approximate surface area is 104 Å². The molecule has 6 nitrogen and oxygen atoms in total. The van der Waals surface area contributed by atoms with E-state index in [1.165, 1.54) is 25.3 Å². The number of hydrogen-bond acceptors (Lipinski definition) is 4. The van der Waals surface area contributed by atoms with Crippen LogP contribution in [0.3, 0.4) is 0 Å². The van der Waals surface area contributed by atoms with Gasteiger partial charge in [-0.2, -0.15) is 0 Å². The monoisotopic (exact) mass is 250 g/mol. The van der Waals surface area contributed by atoms with Crippen LogP contribution in [0.2, 0.25) is 0 Å². The van der Waals surface area contributed by atoms with Gasteiger partial charge in [-0.1, -0.05) is 12.2 Å². The Morgan fingerprint density at radius 3 is 2.72 bits per heavy atom. The number of nitro groups is 1. The van der Waals surface area contributed by atoms with E-state index in [-0.39, 0.29) is 17.3 Å². The molecule has 96 valence electrons. The molecule has 6 heteroatoms. The van der Waals surface area contributed by atoms with Crippen LogP contribution in [0.15, 0.2) is 30.4 Å². The molecule has 18 heavy (non-hydrogen) atoms. The Morgan fingerprint density at radius 1 is 1.56 bits per heavy atom. The maximum absolute atomic E-state index is 11.7. The first-order valence-electron chi connectivity index (χ1n) is 5.20. The van der Waals surface area contributed by atoms with Crippen molar-refractivity contribution in [1.82, 2.24) is 5.32 Å². The average Bonchev–Trinajstić information content (AvgIpc) is 2.34. The Hall–Kier alpha value is -2.37. The fourth-order valence-corrected chi connectivity index (χ4v) is 1.30. The molecule has 0 aliphatic carbocycles. The Kier molecular flexibility index (Phi) is 4.42. The van der Waals surface area contributed by atoms with Gasteiger partial charge in [-0.15, -0.1) is 0 Å². The summed E-state index contributed by atoms with van der Waals surface area (Å²) in [7, 11) is 1.32. The molecule has 0 unspecified atom stereocenters. The first kappa shape index (κ1) is 13.7. The molecule has 1 N–H and O–H groups in total. The molecule has 0 radical (unpaired) electrons. The Balaban J connectivity index is 2.94. The van der Waals surface area contributed by atoms with Gasteiger partial charge in [0.05, 0.1) is 12.0 Å². The molecule has 0 spiro atoms. The minimum atomic E-state index is -0.561. The van der Waals surface area contributed by atoms with E-state index < -0.39 is 4.92 Å². The summed E-state index contributed by atoms with van der Waals surface area (Å²) < 4.78 is 4.88. The third-order valence-electron chi connectivity index (χ3n) is 2.19. The van der Waals surface area contributed by atoms with E-state index in [1.54, 1.807) is 6.92 Å². The topological polar surface area (TPSA) is 81.5 Å². The maximum Gasteiger partial charge on any atom is 0.310 e. The number of nitrogens with one attached hydrogen (secondary N) is 1. The van der Waals surface area contributed by atoms with Crippen LogP contribution in [-0.4, -0.2) is 24.5 Å². The van der Waals surface area contributed by atoms with Gasteiger partial charge < -0.3 is 10.1 Å². The van der Waals surface area contributed by atoms with E-state index >= 15 is 0 Å². The van der Waals surface area contributed by atoms with Gasteiger partial charge in [-0.3, -0.25) is 14.9 Å². The zero-order chi connectivity index (χ0) is 13.7. The second-order valence-corrected chi connectivity index (χ2v) is 3.78. The van der Waals surface area contributed by atoms with Crippen molar-refractivity contribution >= 4 is 11.6 Å². The number of ether oxygens (including phenoxy) is 1. The average molecular weight is 250 g/mol. The zero-order valence-electron chi connectivity index (χ0n) is 10.2. The molecule has 0 aromatic heterocycles. The lowest BCUT2D eigenvalue weighted by Gasteiger charge is -2.06. The number of amides is 1. The molecule has 0 bridgehead atoms. The van der Waals surface area contributed by atoms with Crippen LogP contribution in [0.4, 0.5) is 5.69 Å². The minimum Gasteiger partial charge on any atom is -0.490 e. The zero-order valence-corrected chi connectivity index (χ0v) is 10.2. The normalized spacial score (nSPS) is 9.67. The lowest BCUT2D eigenvalue weighted by molar-refractivity contribution is -0.385. The molecule has 1 aromatic carbocycles. The van der Waals surface area contributed by atoms with Crippen molar-refractivity contribution in [2.75, 3.05) is 13.7 Å². The molecular weight excluding hydrogens is 236 g/mol. The van der Waals surface area contributed by atoms with Crippen LogP contribution in [0, 0.1) is 10.1 Å². The predicted molar refractivity (Wildman–Crippen MR) is 66.8 cm³/mol. The van der Waals surface area contributed by atoms with Crippen molar-refractivity contribution in [3.8, 4) is 5.75 Å². The minimum absolute atomic E-state index is 0.0583. The molecule has 0 fully saturated rings. The lowest BCUT2D eigenvalue weighted by Crippen LogP contribution is -2.24. The van der Waals surface area contributed by atoms with Crippen molar-refractivity contribution in [3.05, 3.63) is 46.0 Å². The van der Waals surface area contributed by atoms with E-state index in [2.05, 4.69) is 11.9 Å². The van der Waals surface area contributed by atoms with E-state index in [0.29, 0.717) is 12.1 Å². The first-order valence-corrected chi connectivity index (χ1v) is 5.20. The number of nitro benzene ring substituents is 1. The third kappa shape index (κ3) is 3.31. The Bertz CT molecular complexity index is 497. The van der Waals surface area contributed by atoms with Gasteiger partial charge in [0.2, 0.25) is 0 Å². The number of carbonyl (C=O) groups excluding carboxylic acids is 1.